The van der Waals surface area contributed by atoms with E-state index in [4.69, 9.17) is 5.73 Å². The van der Waals surface area contributed by atoms with Crippen LogP contribution in [0.15, 0.2) is 30.3 Å². The maximum absolute atomic E-state index is 12.1. The molecule has 4 N–H and O–H groups in total. The number of nitrogens with two attached hydrogens (primary N) is 1. The standard InChI is InChI=1S/C17H22N4O2S/c1-12-16(21-15(24-12)7-9-18)17(23)19-10-8-14(22)20-11-13-5-3-2-4-6-13/h2-6H,7-11,18H2,1H3,(H,19,23)(H,20,22). The molecule has 2 rings (SSSR count). The van der Waals surface area contributed by atoms with E-state index in [9.17, 15) is 9.59 Å². The van der Waals surface area contributed by atoms with Gasteiger partial charge in [-0.05, 0) is 19.0 Å². The fourth-order valence-corrected chi connectivity index (χ4v) is 3.10. The number of nitrogens with zero attached hydrogens (tertiary/aromatic N) is 1. The summed E-state index contributed by atoms with van der Waals surface area (Å²) in [4.78, 5) is 29.1. The van der Waals surface area contributed by atoms with Gasteiger partial charge in [-0.1, -0.05) is 30.3 Å². The average Bonchev–Trinajstić information content (AvgIpc) is 2.95. The van der Waals surface area contributed by atoms with E-state index in [0.29, 0.717) is 25.2 Å². The first kappa shape index (κ1) is 18.1. The molecule has 0 unspecified atom stereocenters. The molecule has 0 spiro atoms. The maximum atomic E-state index is 12.1. The number of nitrogens with one attached hydrogen (secondary N) is 2. The van der Waals surface area contributed by atoms with Crippen molar-refractivity contribution in [3.05, 3.63) is 51.5 Å². The van der Waals surface area contributed by atoms with Crippen molar-refractivity contribution in [3.8, 4) is 0 Å². The van der Waals surface area contributed by atoms with Gasteiger partial charge in [0.15, 0.2) is 0 Å². The van der Waals surface area contributed by atoms with E-state index < -0.39 is 0 Å². The van der Waals surface area contributed by atoms with Crippen molar-refractivity contribution >= 4 is 23.2 Å². The summed E-state index contributed by atoms with van der Waals surface area (Å²) in [6, 6.07) is 9.69. The third-order valence-electron chi connectivity index (χ3n) is 3.38. The van der Waals surface area contributed by atoms with Crippen LogP contribution in [0.5, 0.6) is 0 Å². The zero-order valence-electron chi connectivity index (χ0n) is 13.7. The fourth-order valence-electron chi connectivity index (χ4n) is 2.15. The van der Waals surface area contributed by atoms with Crippen LogP contribution >= 0.6 is 11.3 Å². The topological polar surface area (TPSA) is 97.1 Å². The second-order valence-corrected chi connectivity index (χ2v) is 6.61. The van der Waals surface area contributed by atoms with Crippen molar-refractivity contribution in [2.75, 3.05) is 13.1 Å². The molecule has 0 saturated heterocycles. The predicted octanol–water partition coefficient (Wildman–Crippen LogP) is 1.39. The molecule has 6 nitrogen and oxygen atoms in total. The Kier molecular flexibility index (Phi) is 6.89. The number of aromatic nitrogens is 1. The molecule has 1 aromatic carbocycles. The van der Waals surface area contributed by atoms with Gasteiger partial charge in [0.05, 0.1) is 5.01 Å². The number of thiazole rings is 1. The lowest BCUT2D eigenvalue weighted by molar-refractivity contribution is -0.121. The number of rotatable bonds is 8. The first-order valence-corrected chi connectivity index (χ1v) is 8.67. The number of carbonyl (C=O) groups is 2. The third-order valence-corrected chi connectivity index (χ3v) is 4.41. The van der Waals surface area contributed by atoms with Gasteiger partial charge in [0.25, 0.3) is 5.91 Å². The average molecular weight is 346 g/mol. The summed E-state index contributed by atoms with van der Waals surface area (Å²) in [7, 11) is 0. The van der Waals surface area contributed by atoms with Gasteiger partial charge in [-0.3, -0.25) is 9.59 Å². The first-order chi connectivity index (χ1) is 11.6. The highest BCUT2D eigenvalue weighted by Gasteiger charge is 2.15. The monoisotopic (exact) mass is 346 g/mol. The first-order valence-electron chi connectivity index (χ1n) is 7.85. The van der Waals surface area contributed by atoms with Crippen molar-refractivity contribution in [2.24, 2.45) is 5.73 Å². The Morgan fingerprint density at radius 3 is 2.67 bits per heavy atom. The van der Waals surface area contributed by atoms with Gasteiger partial charge in [-0.2, -0.15) is 0 Å². The molecule has 2 amide bonds. The van der Waals surface area contributed by atoms with Crippen LogP contribution in [0, 0.1) is 6.92 Å². The summed E-state index contributed by atoms with van der Waals surface area (Å²) in [5, 5.41) is 6.43. The van der Waals surface area contributed by atoms with Gasteiger partial charge < -0.3 is 16.4 Å². The van der Waals surface area contributed by atoms with Crippen molar-refractivity contribution in [3.63, 3.8) is 0 Å². The molecule has 7 heteroatoms. The summed E-state index contributed by atoms with van der Waals surface area (Å²) in [6.07, 6.45) is 0.901. The van der Waals surface area contributed by atoms with E-state index in [1.54, 1.807) is 0 Å². The highest BCUT2D eigenvalue weighted by atomic mass is 32.1. The van der Waals surface area contributed by atoms with Crippen molar-refractivity contribution in [2.45, 2.75) is 26.3 Å². The number of hydrogen-bond acceptors (Lipinski definition) is 5. The lowest BCUT2D eigenvalue weighted by Gasteiger charge is -2.06. The van der Waals surface area contributed by atoms with E-state index >= 15 is 0 Å². The van der Waals surface area contributed by atoms with Crippen LogP contribution in [0.25, 0.3) is 0 Å². The summed E-state index contributed by atoms with van der Waals surface area (Å²) >= 11 is 1.48. The van der Waals surface area contributed by atoms with Crippen molar-refractivity contribution < 1.29 is 9.59 Å². The highest BCUT2D eigenvalue weighted by molar-refractivity contribution is 7.11. The quantitative estimate of drug-likeness (QED) is 0.673. The Balaban J connectivity index is 1.73. The van der Waals surface area contributed by atoms with Crippen molar-refractivity contribution in [1.82, 2.24) is 15.6 Å². The zero-order valence-corrected chi connectivity index (χ0v) is 14.5. The molecule has 0 bridgehead atoms. The van der Waals surface area contributed by atoms with Gasteiger partial charge >= 0.3 is 0 Å². The fraction of sp³-hybridized carbons (Fsp3) is 0.353. The molecule has 0 radical (unpaired) electrons. The van der Waals surface area contributed by atoms with E-state index in [1.807, 2.05) is 37.3 Å². The van der Waals surface area contributed by atoms with Crippen LogP contribution in [0.4, 0.5) is 0 Å². The minimum atomic E-state index is -0.247. The number of carbonyl (C=O) groups excluding carboxylic acids is 2. The van der Waals surface area contributed by atoms with Crippen LogP contribution in [0.3, 0.4) is 0 Å². The predicted molar refractivity (Wildman–Crippen MR) is 94.8 cm³/mol. The molecule has 1 heterocycles. The number of hydrogen-bond donors (Lipinski definition) is 3. The Hall–Kier alpha value is -2.25. The van der Waals surface area contributed by atoms with Gasteiger partial charge in [-0.25, -0.2) is 4.98 Å². The van der Waals surface area contributed by atoms with E-state index in [-0.39, 0.29) is 24.8 Å². The molecule has 0 saturated carbocycles. The van der Waals surface area contributed by atoms with E-state index in [1.165, 1.54) is 11.3 Å². The van der Waals surface area contributed by atoms with Crippen LogP contribution < -0.4 is 16.4 Å². The second-order valence-electron chi connectivity index (χ2n) is 5.32. The Bertz CT molecular complexity index is 685. The number of aryl methyl sites for hydroxylation is 1. The minimum absolute atomic E-state index is 0.0991. The molecule has 0 aliphatic carbocycles. The number of amides is 2. The zero-order chi connectivity index (χ0) is 17.4. The molecule has 0 aliphatic heterocycles. The third kappa shape index (κ3) is 5.43. The summed E-state index contributed by atoms with van der Waals surface area (Å²) in [5.74, 6) is -0.346. The second kappa shape index (κ2) is 9.14. The maximum Gasteiger partial charge on any atom is 0.271 e. The molecule has 128 valence electrons. The molecule has 1 aromatic heterocycles. The molecular formula is C17H22N4O2S. The smallest absolute Gasteiger partial charge is 0.271 e. The minimum Gasteiger partial charge on any atom is -0.352 e. The van der Waals surface area contributed by atoms with E-state index in [2.05, 4.69) is 15.6 Å². The largest absolute Gasteiger partial charge is 0.352 e. The van der Waals surface area contributed by atoms with Gasteiger partial charge in [-0.15, -0.1) is 11.3 Å². The summed E-state index contributed by atoms with van der Waals surface area (Å²) < 4.78 is 0. The summed E-state index contributed by atoms with van der Waals surface area (Å²) in [5.41, 5.74) is 6.97. The van der Waals surface area contributed by atoms with Crippen LogP contribution in [-0.2, 0) is 17.8 Å². The van der Waals surface area contributed by atoms with Crippen LogP contribution in [0.2, 0.25) is 0 Å². The lowest BCUT2D eigenvalue weighted by atomic mass is 10.2. The lowest BCUT2D eigenvalue weighted by Crippen LogP contribution is -2.31. The molecular weight excluding hydrogens is 324 g/mol. The normalized spacial score (nSPS) is 10.4. The molecule has 0 atom stereocenters. The Morgan fingerprint density at radius 2 is 1.96 bits per heavy atom. The van der Waals surface area contributed by atoms with Gasteiger partial charge in [0, 0.05) is 30.8 Å². The Morgan fingerprint density at radius 1 is 1.21 bits per heavy atom. The van der Waals surface area contributed by atoms with Gasteiger partial charge in [0.2, 0.25) is 5.91 Å². The SMILES string of the molecule is Cc1sc(CCN)nc1C(=O)NCCC(=O)NCc1ccccc1. The van der Waals surface area contributed by atoms with Crippen molar-refractivity contribution in [1.29, 1.82) is 0 Å². The van der Waals surface area contributed by atoms with Gasteiger partial charge in [0.1, 0.15) is 5.69 Å². The molecule has 0 aliphatic rings. The molecule has 24 heavy (non-hydrogen) atoms. The Labute approximate surface area is 145 Å². The molecule has 2 aromatic rings. The van der Waals surface area contributed by atoms with Crippen LogP contribution in [-0.4, -0.2) is 29.9 Å². The highest BCUT2D eigenvalue weighted by Crippen LogP contribution is 2.17. The number of benzene rings is 1. The molecule has 0 fully saturated rings. The summed E-state index contributed by atoms with van der Waals surface area (Å²) in [6.45, 7) is 3.14. The van der Waals surface area contributed by atoms with E-state index in [0.717, 1.165) is 15.4 Å². The van der Waals surface area contributed by atoms with Crippen LogP contribution in [0.1, 0.15) is 32.4 Å².